The Morgan fingerprint density at radius 1 is 1.21 bits per heavy atom. The van der Waals surface area contributed by atoms with Crippen LogP contribution < -0.4 is 4.74 Å². The standard InChI is InChI=1S/C21H20N4O4/c1-14-6-7-15(12-19(14)25(27)28)21(26)24-10-8-17(9-11-24)29-20-18-5-3-2-4-16(18)13-22-23-20/h2-7,12-13,17H,8-11H2,1H3. The molecule has 0 N–H and O–H groups in total. The molecule has 8 nitrogen and oxygen atoms in total. The monoisotopic (exact) mass is 392 g/mol. The van der Waals surface area contributed by atoms with Crippen LogP contribution in [0.2, 0.25) is 0 Å². The zero-order valence-electron chi connectivity index (χ0n) is 15.9. The molecular formula is C21H20N4O4. The zero-order chi connectivity index (χ0) is 20.4. The normalized spacial score (nSPS) is 14.7. The number of carbonyl (C=O) groups excluding carboxylic acids is 1. The second-order valence-electron chi connectivity index (χ2n) is 7.10. The van der Waals surface area contributed by atoms with E-state index in [9.17, 15) is 14.9 Å². The SMILES string of the molecule is Cc1ccc(C(=O)N2CCC(Oc3nncc4ccccc34)CC2)cc1[N+](=O)[O-]. The number of fused-ring (bicyclic) bond motifs is 1. The molecule has 0 aliphatic carbocycles. The van der Waals surface area contributed by atoms with Gasteiger partial charge in [-0.1, -0.05) is 24.3 Å². The third-order valence-corrected chi connectivity index (χ3v) is 5.20. The lowest BCUT2D eigenvalue weighted by Crippen LogP contribution is -2.41. The van der Waals surface area contributed by atoms with Crippen molar-refractivity contribution in [3.63, 3.8) is 0 Å². The third-order valence-electron chi connectivity index (χ3n) is 5.20. The topological polar surface area (TPSA) is 98.5 Å². The zero-order valence-corrected chi connectivity index (χ0v) is 15.9. The van der Waals surface area contributed by atoms with E-state index in [0.29, 0.717) is 42.9 Å². The summed E-state index contributed by atoms with van der Waals surface area (Å²) in [7, 11) is 0. The van der Waals surface area contributed by atoms with Gasteiger partial charge in [0, 0.05) is 53.9 Å². The van der Waals surface area contributed by atoms with Gasteiger partial charge in [-0.25, -0.2) is 0 Å². The number of amides is 1. The minimum absolute atomic E-state index is 0.0383. The van der Waals surface area contributed by atoms with E-state index in [1.807, 2.05) is 24.3 Å². The van der Waals surface area contributed by atoms with Crippen LogP contribution in [0.5, 0.6) is 5.88 Å². The van der Waals surface area contributed by atoms with Gasteiger partial charge in [-0.15, -0.1) is 5.10 Å². The number of hydrogen-bond donors (Lipinski definition) is 0. The largest absolute Gasteiger partial charge is 0.473 e. The molecule has 1 saturated heterocycles. The summed E-state index contributed by atoms with van der Waals surface area (Å²) in [6, 6.07) is 12.4. The summed E-state index contributed by atoms with van der Waals surface area (Å²) in [6.07, 6.45) is 2.95. The number of likely N-dealkylation sites (tertiary alicyclic amines) is 1. The van der Waals surface area contributed by atoms with Gasteiger partial charge in [0.2, 0.25) is 5.88 Å². The van der Waals surface area contributed by atoms with E-state index in [-0.39, 0.29) is 17.7 Å². The summed E-state index contributed by atoms with van der Waals surface area (Å²) in [5, 5.41) is 21.1. The first-order chi connectivity index (χ1) is 14.0. The van der Waals surface area contributed by atoms with Crippen molar-refractivity contribution < 1.29 is 14.5 Å². The number of nitro groups is 1. The Balaban J connectivity index is 1.42. The molecule has 0 bridgehead atoms. The molecule has 1 aliphatic heterocycles. The van der Waals surface area contributed by atoms with Crippen LogP contribution in [0, 0.1) is 17.0 Å². The highest BCUT2D eigenvalue weighted by molar-refractivity contribution is 5.95. The Bertz CT molecular complexity index is 1070. The molecule has 0 radical (unpaired) electrons. The molecule has 0 saturated carbocycles. The van der Waals surface area contributed by atoms with Crippen LogP contribution in [0.3, 0.4) is 0 Å². The molecule has 3 aromatic rings. The summed E-state index contributed by atoms with van der Waals surface area (Å²) in [5.74, 6) is 0.304. The van der Waals surface area contributed by atoms with E-state index in [4.69, 9.17) is 4.74 Å². The number of aromatic nitrogens is 2. The van der Waals surface area contributed by atoms with Gasteiger partial charge in [0.25, 0.3) is 11.6 Å². The molecule has 0 unspecified atom stereocenters. The highest BCUT2D eigenvalue weighted by Gasteiger charge is 2.26. The Hall–Kier alpha value is -3.55. The first-order valence-electron chi connectivity index (χ1n) is 9.44. The maximum atomic E-state index is 12.8. The summed E-state index contributed by atoms with van der Waals surface area (Å²) in [4.78, 5) is 25.2. The van der Waals surface area contributed by atoms with Crippen LogP contribution >= 0.6 is 0 Å². The van der Waals surface area contributed by atoms with Crippen molar-refractivity contribution in [3.8, 4) is 5.88 Å². The summed E-state index contributed by atoms with van der Waals surface area (Å²) < 4.78 is 6.07. The number of rotatable bonds is 4. The average molecular weight is 392 g/mol. The van der Waals surface area contributed by atoms with Gasteiger partial charge in [-0.05, 0) is 19.1 Å². The molecule has 0 atom stereocenters. The van der Waals surface area contributed by atoms with Crippen LogP contribution in [0.15, 0.2) is 48.7 Å². The van der Waals surface area contributed by atoms with Gasteiger partial charge >= 0.3 is 0 Å². The smallest absolute Gasteiger partial charge is 0.273 e. The molecule has 29 heavy (non-hydrogen) atoms. The Labute approximate surface area is 167 Å². The number of nitro benzene ring substituents is 1. The van der Waals surface area contributed by atoms with E-state index in [2.05, 4.69) is 10.2 Å². The second kappa shape index (κ2) is 7.83. The minimum atomic E-state index is -0.461. The minimum Gasteiger partial charge on any atom is -0.473 e. The summed E-state index contributed by atoms with van der Waals surface area (Å²) in [5.41, 5.74) is 0.833. The molecule has 1 fully saturated rings. The number of carbonyl (C=O) groups is 1. The Morgan fingerprint density at radius 3 is 2.72 bits per heavy atom. The number of aryl methyl sites for hydroxylation is 1. The lowest BCUT2D eigenvalue weighted by atomic mass is 10.0. The summed E-state index contributed by atoms with van der Waals surface area (Å²) in [6.45, 7) is 2.69. The molecule has 1 aliphatic rings. The van der Waals surface area contributed by atoms with Gasteiger partial charge in [0.05, 0.1) is 11.1 Å². The van der Waals surface area contributed by atoms with Crippen LogP contribution in [0.25, 0.3) is 10.8 Å². The fourth-order valence-electron chi connectivity index (χ4n) is 3.55. The number of hydrogen-bond acceptors (Lipinski definition) is 6. The fourth-order valence-corrected chi connectivity index (χ4v) is 3.55. The number of benzene rings is 2. The van der Waals surface area contributed by atoms with Gasteiger partial charge in [0.1, 0.15) is 6.10 Å². The van der Waals surface area contributed by atoms with Crippen molar-refractivity contribution in [1.82, 2.24) is 15.1 Å². The molecular weight excluding hydrogens is 372 g/mol. The van der Waals surface area contributed by atoms with Crippen LogP contribution in [0.1, 0.15) is 28.8 Å². The summed E-state index contributed by atoms with van der Waals surface area (Å²) >= 11 is 0. The molecule has 0 spiro atoms. The molecule has 8 heteroatoms. The van der Waals surface area contributed by atoms with Crippen molar-refractivity contribution in [2.24, 2.45) is 0 Å². The van der Waals surface area contributed by atoms with Gasteiger partial charge in [0.15, 0.2) is 0 Å². The number of ether oxygens (including phenoxy) is 1. The van der Waals surface area contributed by atoms with E-state index in [0.717, 1.165) is 10.8 Å². The van der Waals surface area contributed by atoms with Gasteiger partial charge in [-0.2, -0.15) is 5.10 Å². The molecule has 2 heterocycles. The molecule has 148 valence electrons. The van der Waals surface area contributed by atoms with Crippen LogP contribution in [-0.4, -0.2) is 45.1 Å². The van der Waals surface area contributed by atoms with Crippen molar-refractivity contribution >= 4 is 22.4 Å². The Morgan fingerprint density at radius 2 is 1.97 bits per heavy atom. The quantitative estimate of drug-likeness (QED) is 0.498. The van der Waals surface area contributed by atoms with E-state index >= 15 is 0 Å². The van der Waals surface area contributed by atoms with Crippen molar-refractivity contribution in [3.05, 3.63) is 69.9 Å². The fraction of sp³-hybridized carbons (Fsp3) is 0.286. The van der Waals surface area contributed by atoms with Crippen LogP contribution in [0.4, 0.5) is 5.69 Å². The third kappa shape index (κ3) is 3.87. The lowest BCUT2D eigenvalue weighted by Gasteiger charge is -2.32. The van der Waals surface area contributed by atoms with Crippen molar-refractivity contribution in [2.75, 3.05) is 13.1 Å². The van der Waals surface area contributed by atoms with E-state index in [1.54, 1.807) is 30.2 Å². The maximum absolute atomic E-state index is 12.8. The predicted molar refractivity (Wildman–Crippen MR) is 107 cm³/mol. The Kier molecular flexibility index (Phi) is 5.07. The van der Waals surface area contributed by atoms with Gasteiger partial charge in [-0.3, -0.25) is 14.9 Å². The van der Waals surface area contributed by atoms with E-state index < -0.39 is 4.92 Å². The first kappa shape index (κ1) is 18.8. The average Bonchev–Trinajstić information content (AvgIpc) is 2.74. The maximum Gasteiger partial charge on any atom is 0.273 e. The van der Waals surface area contributed by atoms with Crippen molar-refractivity contribution in [1.29, 1.82) is 0 Å². The van der Waals surface area contributed by atoms with E-state index in [1.165, 1.54) is 6.07 Å². The highest BCUT2D eigenvalue weighted by atomic mass is 16.6. The second-order valence-corrected chi connectivity index (χ2v) is 7.10. The van der Waals surface area contributed by atoms with Gasteiger partial charge < -0.3 is 9.64 Å². The number of nitrogens with zero attached hydrogens (tertiary/aromatic N) is 4. The highest BCUT2D eigenvalue weighted by Crippen LogP contribution is 2.26. The van der Waals surface area contributed by atoms with Crippen molar-refractivity contribution in [2.45, 2.75) is 25.9 Å². The van der Waals surface area contributed by atoms with Crippen LogP contribution in [-0.2, 0) is 0 Å². The molecule has 4 rings (SSSR count). The predicted octanol–water partition coefficient (Wildman–Crippen LogP) is 3.53. The number of piperidine rings is 1. The molecule has 2 aromatic carbocycles. The lowest BCUT2D eigenvalue weighted by molar-refractivity contribution is -0.385. The first-order valence-corrected chi connectivity index (χ1v) is 9.44. The molecule has 1 aromatic heterocycles. The molecule has 1 amide bonds.